The van der Waals surface area contributed by atoms with Crippen LogP contribution >= 0.6 is 0 Å². The molecule has 0 bridgehead atoms. The van der Waals surface area contributed by atoms with Crippen LogP contribution in [0.2, 0.25) is 5.04 Å². The number of aromatic nitrogens is 1. The van der Waals surface area contributed by atoms with Crippen molar-refractivity contribution in [1.82, 2.24) is 4.98 Å². The number of hydrogen-bond acceptors (Lipinski definition) is 4. The van der Waals surface area contributed by atoms with Crippen LogP contribution in [0.4, 0.5) is 0 Å². The van der Waals surface area contributed by atoms with Crippen LogP contribution in [0.15, 0.2) is 133 Å². The van der Waals surface area contributed by atoms with Gasteiger partial charge < -0.3 is 9.16 Å². The molecule has 2 heterocycles. The van der Waals surface area contributed by atoms with Crippen molar-refractivity contribution in [3.05, 3.63) is 139 Å². The Kier molecular flexibility index (Phi) is 7.09. The summed E-state index contributed by atoms with van der Waals surface area (Å²) in [6, 6.07) is 41.8. The number of pyridine rings is 1. The van der Waals surface area contributed by atoms with Crippen molar-refractivity contribution in [2.75, 3.05) is 6.61 Å². The molecule has 4 nitrogen and oxygen atoms in total. The van der Waals surface area contributed by atoms with Gasteiger partial charge in [0, 0.05) is 11.6 Å². The molecule has 0 spiro atoms. The molecule has 0 saturated heterocycles. The molecule has 40 heavy (non-hydrogen) atoms. The predicted octanol–water partition coefficient (Wildman–Crippen LogP) is 6.70. The highest BCUT2D eigenvalue weighted by molar-refractivity contribution is 6.99. The van der Waals surface area contributed by atoms with Gasteiger partial charge in [0.05, 0.1) is 17.7 Å². The topological polar surface area (TPSA) is 43.7 Å². The predicted molar refractivity (Wildman–Crippen MR) is 166 cm³/mol. The molecule has 0 aliphatic carbocycles. The van der Waals surface area contributed by atoms with Crippen LogP contribution in [-0.2, 0) is 9.16 Å². The lowest BCUT2D eigenvalue weighted by molar-refractivity contribution is 0.156. The third-order valence-electron chi connectivity index (χ3n) is 7.75. The Bertz CT molecular complexity index is 1570. The van der Waals surface area contributed by atoms with Gasteiger partial charge >= 0.3 is 0 Å². The number of aliphatic imine (C=N–C) groups is 1. The number of hydrogen-bond donors (Lipinski definition) is 0. The van der Waals surface area contributed by atoms with Crippen LogP contribution in [0, 0.1) is 0 Å². The summed E-state index contributed by atoms with van der Waals surface area (Å²) in [5.41, 5.74) is 2.89. The Morgan fingerprint density at radius 3 is 1.95 bits per heavy atom. The minimum Gasteiger partial charge on any atom is -0.467 e. The first-order valence-corrected chi connectivity index (χ1v) is 15.8. The quantitative estimate of drug-likeness (QED) is 0.215. The summed E-state index contributed by atoms with van der Waals surface area (Å²) in [6.45, 7) is 7.34. The Morgan fingerprint density at radius 1 is 0.725 bits per heavy atom. The molecular formula is C35H34N2O2Si. The van der Waals surface area contributed by atoms with E-state index in [-0.39, 0.29) is 17.2 Å². The van der Waals surface area contributed by atoms with Crippen LogP contribution in [0.1, 0.15) is 38.0 Å². The van der Waals surface area contributed by atoms with E-state index in [1.54, 1.807) is 0 Å². The van der Waals surface area contributed by atoms with Crippen molar-refractivity contribution in [2.45, 2.75) is 38.0 Å². The summed E-state index contributed by atoms with van der Waals surface area (Å²) in [7, 11) is -2.73. The first-order chi connectivity index (χ1) is 19.5. The minimum absolute atomic E-state index is 0.122. The highest BCUT2D eigenvalue weighted by Crippen LogP contribution is 2.39. The van der Waals surface area contributed by atoms with Gasteiger partial charge in [0.25, 0.3) is 8.32 Å². The van der Waals surface area contributed by atoms with E-state index in [4.69, 9.17) is 14.2 Å². The molecule has 0 radical (unpaired) electrons. The smallest absolute Gasteiger partial charge is 0.261 e. The fraction of sp³-hybridized carbons (Fsp3) is 0.200. The number of fused-ring (bicyclic) bond motifs is 1. The van der Waals surface area contributed by atoms with Crippen LogP contribution in [-0.4, -0.2) is 31.8 Å². The van der Waals surface area contributed by atoms with E-state index in [9.17, 15) is 0 Å². The van der Waals surface area contributed by atoms with Gasteiger partial charge in [-0.05, 0) is 33.1 Å². The van der Waals surface area contributed by atoms with Crippen molar-refractivity contribution in [1.29, 1.82) is 0 Å². The van der Waals surface area contributed by atoms with Crippen molar-refractivity contribution < 1.29 is 9.16 Å². The Morgan fingerprint density at radius 2 is 1.32 bits per heavy atom. The average molecular weight is 543 g/mol. The highest BCUT2D eigenvalue weighted by Gasteiger charge is 2.51. The third kappa shape index (κ3) is 4.76. The Balaban J connectivity index is 1.43. The number of para-hydroxylation sites is 1. The zero-order valence-corrected chi connectivity index (χ0v) is 24.2. The maximum Gasteiger partial charge on any atom is 0.261 e. The largest absolute Gasteiger partial charge is 0.467 e. The van der Waals surface area contributed by atoms with E-state index < -0.39 is 8.32 Å². The number of ether oxygens (including phenoxy) is 1. The zero-order valence-electron chi connectivity index (χ0n) is 23.2. The molecule has 5 aromatic rings. The van der Waals surface area contributed by atoms with Gasteiger partial charge in [0.2, 0.25) is 5.90 Å². The molecule has 4 aromatic carbocycles. The Labute approximate surface area is 237 Å². The maximum absolute atomic E-state index is 7.31. The fourth-order valence-electron chi connectivity index (χ4n) is 5.89. The molecule has 0 unspecified atom stereocenters. The summed E-state index contributed by atoms with van der Waals surface area (Å²) in [5.74, 6) is 0.620. The number of rotatable bonds is 7. The monoisotopic (exact) mass is 542 g/mol. The molecular weight excluding hydrogens is 508 g/mol. The van der Waals surface area contributed by atoms with Gasteiger partial charge in [-0.2, -0.15) is 0 Å². The van der Waals surface area contributed by atoms with E-state index in [0.29, 0.717) is 12.5 Å². The first kappa shape index (κ1) is 26.2. The van der Waals surface area contributed by atoms with Gasteiger partial charge in [-0.15, -0.1) is 0 Å². The van der Waals surface area contributed by atoms with Gasteiger partial charge in [0.1, 0.15) is 6.04 Å². The van der Waals surface area contributed by atoms with Crippen molar-refractivity contribution in [3.63, 3.8) is 0 Å². The van der Waals surface area contributed by atoms with Crippen LogP contribution in [0.25, 0.3) is 10.9 Å². The average Bonchev–Trinajstić information content (AvgIpc) is 3.42. The lowest BCUT2D eigenvalue weighted by Crippen LogP contribution is -2.67. The second-order valence-electron chi connectivity index (χ2n) is 11.3. The van der Waals surface area contributed by atoms with Gasteiger partial charge in [-0.1, -0.05) is 130 Å². The molecule has 0 fully saturated rings. The molecule has 1 aliphatic rings. The zero-order chi connectivity index (χ0) is 27.6. The second kappa shape index (κ2) is 10.8. The molecule has 0 N–H and O–H groups in total. The highest BCUT2D eigenvalue weighted by atomic mass is 28.4. The lowest BCUT2D eigenvalue weighted by atomic mass is 10.0. The van der Waals surface area contributed by atoms with Gasteiger partial charge in [0.15, 0.2) is 6.10 Å². The second-order valence-corrected chi connectivity index (χ2v) is 15.6. The standard InChI is InChI=1S/C35H34N2O2Si/c1-35(2,3)40(28-19-9-5-10-20-28,29-21-11-6-12-22-29)38-25-31-33(27-15-7-4-8-16-27)39-34(37-31)30-23-13-17-26-18-14-24-36-32(26)30/h4-24,31,33H,25H2,1-3H3/t31-,33-/m0/s1. The molecule has 1 aromatic heterocycles. The maximum atomic E-state index is 7.31. The fourth-order valence-corrected chi connectivity index (χ4v) is 10.5. The summed E-state index contributed by atoms with van der Waals surface area (Å²) in [5, 5.41) is 3.45. The minimum atomic E-state index is -2.73. The summed E-state index contributed by atoms with van der Waals surface area (Å²) in [6.07, 6.45) is 1.56. The van der Waals surface area contributed by atoms with Crippen LogP contribution < -0.4 is 10.4 Å². The SMILES string of the molecule is CC(C)(C)[Si](OC[C@@H]1N=C(c2cccc3cccnc23)O[C@H]1c1ccccc1)(c1ccccc1)c1ccccc1. The van der Waals surface area contributed by atoms with E-state index in [0.717, 1.165) is 22.0 Å². The van der Waals surface area contributed by atoms with Crippen molar-refractivity contribution in [3.8, 4) is 0 Å². The van der Waals surface area contributed by atoms with E-state index in [1.165, 1.54) is 10.4 Å². The van der Waals surface area contributed by atoms with E-state index >= 15 is 0 Å². The molecule has 0 amide bonds. The number of nitrogens with zero attached hydrogens (tertiary/aromatic N) is 2. The summed E-state index contributed by atoms with van der Waals surface area (Å²) in [4.78, 5) is 9.85. The molecule has 1 aliphatic heterocycles. The van der Waals surface area contributed by atoms with Gasteiger partial charge in [-0.25, -0.2) is 4.99 Å². The molecule has 2 atom stereocenters. The van der Waals surface area contributed by atoms with Crippen molar-refractivity contribution >= 4 is 35.5 Å². The van der Waals surface area contributed by atoms with Crippen molar-refractivity contribution in [2.24, 2.45) is 4.99 Å². The molecule has 0 saturated carbocycles. The van der Waals surface area contributed by atoms with E-state index in [1.807, 2.05) is 30.5 Å². The molecule has 200 valence electrons. The van der Waals surface area contributed by atoms with Crippen LogP contribution in [0.5, 0.6) is 0 Å². The lowest BCUT2D eigenvalue weighted by Gasteiger charge is -2.43. The van der Waals surface area contributed by atoms with Gasteiger partial charge in [-0.3, -0.25) is 4.98 Å². The number of benzene rings is 4. The normalized spacial score (nSPS) is 17.4. The first-order valence-electron chi connectivity index (χ1n) is 13.9. The molecule has 5 heteroatoms. The Hall–Kier alpha value is -4.06. The summed E-state index contributed by atoms with van der Waals surface area (Å²) >= 11 is 0. The van der Waals surface area contributed by atoms with E-state index in [2.05, 4.69) is 123 Å². The summed E-state index contributed by atoms with van der Waals surface area (Å²) < 4.78 is 14.0. The third-order valence-corrected chi connectivity index (χ3v) is 12.8. The molecule has 6 rings (SSSR count). The van der Waals surface area contributed by atoms with Crippen LogP contribution in [0.3, 0.4) is 0 Å².